The number of nitrogens with one attached hydrogen (secondary N) is 1. The van der Waals surface area contributed by atoms with Crippen LogP contribution in [-0.4, -0.2) is 31.2 Å². The third kappa shape index (κ3) is 3.54. The van der Waals surface area contributed by atoms with E-state index in [1.54, 1.807) is 0 Å². The van der Waals surface area contributed by atoms with Crippen molar-refractivity contribution in [3.63, 3.8) is 0 Å². The number of nitrogens with two attached hydrogens (primary N) is 1. The Labute approximate surface area is 155 Å². The van der Waals surface area contributed by atoms with Crippen LogP contribution >= 0.6 is 0 Å². The van der Waals surface area contributed by atoms with E-state index in [0.717, 1.165) is 29.9 Å². The van der Waals surface area contributed by atoms with Gasteiger partial charge in [-0.25, -0.2) is 0 Å². The van der Waals surface area contributed by atoms with Gasteiger partial charge < -0.3 is 20.5 Å². The van der Waals surface area contributed by atoms with Gasteiger partial charge in [0.25, 0.3) is 0 Å². The molecule has 26 heavy (non-hydrogen) atoms. The number of hydrogen-bond donors (Lipinski definition) is 2. The van der Waals surface area contributed by atoms with Crippen LogP contribution in [0.4, 0.5) is 0 Å². The second kappa shape index (κ2) is 7.47. The predicted octanol–water partition coefficient (Wildman–Crippen LogP) is 2.66. The number of hydrogen-bond acceptors (Lipinski definition) is 4. The van der Waals surface area contributed by atoms with Gasteiger partial charge in [0.15, 0.2) is 0 Å². The van der Waals surface area contributed by atoms with Gasteiger partial charge in [-0.05, 0) is 74.6 Å². The molecule has 5 heteroatoms. The molecule has 3 unspecified atom stereocenters. The molecule has 1 aromatic rings. The molecule has 1 amide bonds. The van der Waals surface area contributed by atoms with Gasteiger partial charge in [0, 0.05) is 12.1 Å². The molecule has 5 nitrogen and oxygen atoms in total. The van der Waals surface area contributed by atoms with E-state index in [0.29, 0.717) is 43.6 Å². The predicted molar refractivity (Wildman–Crippen MR) is 100 cm³/mol. The summed E-state index contributed by atoms with van der Waals surface area (Å²) in [5.41, 5.74) is 7.27. The monoisotopic (exact) mass is 358 g/mol. The molecule has 1 heterocycles. The molecule has 0 spiro atoms. The molecule has 0 saturated heterocycles. The topological polar surface area (TPSA) is 73.6 Å². The van der Waals surface area contributed by atoms with Gasteiger partial charge in [0.05, 0.1) is 12.5 Å². The maximum absolute atomic E-state index is 12.9. The minimum atomic E-state index is -0.129. The van der Waals surface area contributed by atoms with Crippen LogP contribution in [0.5, 0.6) is 11.5 Å². The van der Waals surface area contributed by atoms with Crippen molar-refractivity contribution in [2.75, 3.05) is 13.2 Å². The third-order valence-corrected chi connectivity index (χ3v) is 6.31. The molecule has 1 aliphatic heterocycles. The molecule has 0 aromatic heterocycles. The fraction of sp³-hybridized carbons (Fsp3) is 0.667. The first kappa shape index (κ1) is 17.7. The van der Waals surface area contributed by atoms with Crippen molar-refractivity contribution >= 4 is 5.91 Å². The minimum absolute atomic E-state index is 0.129. The molecule has 2 bridgehead atoms. The maximum atomic E-state index is 12.9. The van der Waals surface area contributed by atoms with E-state index in [2.05, 4.69) is 5.32 Å². The molecule has 2 saturated carbocycles. The summed E-state index contributed by atoms with van der Waals surface area (Å²) >= 11 is 0. The summed E-state index contributed by atoms with van der Waals surface area (Å²) in [6.07, 6.45) is 6.46. The van der Waals surface area contributed by atoms with E-state index in [4.69, 9.17) is 15.2 Å². The lowest BCUT2D eigenvalue weighted by molar-refractivity contribution is -0.128. The van der Waals surface area contributed by atoms with Gasteiger partial charge in [-0.2, -0.15) is 0 Å². The van der Waals surface area contributed by atoms with Crippen molar-refractivity contribution in [1.29, 1.82) is 0 Å². The fourth-order valence-electron chi connectivity index (χ4n) is 5.10. The minimum Gasteiger partial charge on any atom is -0.494 e. The summed E-state index contributed by atoms with van der Waals surface area (Å²) in [6.45, 7) is 3.06. The van der Waals surface area contributed by atoms with Gasteiger partial charge in [-0.3, -0.25) is 4.79 Å². The Hall–Kier alpha value is -1.75. The van der Waals surface area contributed by atoms with Gasteiger partial charge in [0.1, 0.15) is 18.1 Å². The summed E-state index contributed by atoms with van der Waals surface area (Å²) in [4.78, 5) is 12.9. The first-order valence-corrected chi connectivity index (χ1v) is 10.1. The molecular formula is C21H30N2O3. The number of carbonyl (C=O) groups excluding carboxylic acids is 1. The van der Waals surface area contributed by atoms with Crippen molar-refractivity contribution in [2.24, 2.45) is 23.5 Å². The lowest BCUT2D eigenvalue weighted by Gasteiger charge is -2.45. The van der Waals surface area contributed by atoms with Crippen LogP contribution in [0.1, 0.15) is 44.6 Å². The van der Waals surface area contributed by atoms with Gasteiger partial charge in [-0.15, -0.1) is 0 Å². The van der Waals surface area contributed by atoms with Crippen LogP contribution in [-0.2, 0) is 11.2 Å². The van der Waals surface area contributed by atoms with Crippen LogP contribution in [0.25, 0.3) is 0 Å². The zero-order valence-electron chi connectivity index (χ0n) is 15.6. The average molecular weight is 358 g/mol. The van der Waals surface area contributed by atoms with E-state index >= 15 is 0 Å². The van der Waals surface area contributed by atoms with Gasteiger partial charge in [0.2, 0.25) is 5.91 Å². The van der Waals surface area contributed by atoms with Crippen molar-refractivity contribution in [2.45, 2.75) is 57.5 Å². The van der Waals surface area contributed by atoms with Crippen molar-refractivity contribution in [1.82, 2.24) is 5.32 Å². The Bertz CT molecular complexity index is 649. The van der Waals surface area contributed by atoms with E-state index in [-0.39, 0.29) is 11.8 Å². The number of ether oxygens (including phenoxy) is 2. The second-order valence-electron chi connectivity index (χ2n) is 8.13. The van der Waals surface area contributed by atoms with E-state index in [9.17, 15) is 4.79 Å². The molecule has 3 atom stereocenters. The number of benzene rings is 1. The van der Waals surface area contributed by atoms with Gasteiger partial charge in [-0.1, -0.05) is 6.42 Å². The lowest BCUT2D eigenvalue weighted by Crippen LogP contribution is -2.55. The Morgan fingerprint density at radius 1 is 1.31 bits per heavy atom. The third-order valence-electron chi connectivity index (χ3n) is 6.31. The first-order valence-electron chi connectivity index (χ1n) is 10.1. The largest absolute Gasteiger partial charge is 0.494 e. The van der Waals surface area contributed by atoms with E-state index in [1.165, 1.54) is 19.3 Å². The average Bonchev–Trinajstić information content (AvgIpc) is 2.62. The lowest BCUT2D eigenvalue weighted by atomic mass is 9.67. The van der Waals surface area contributed by atoms with E-state index in [1.807, 2.05) is 25.1 Å². The summed E-state index contributed by atoms with van der Waals surface area (Å²) < 4.78 is 11.4. The molecule has 2 aliphatic carbocycles. The summed E-state index contributed by atoms with van der Waals surface area (Å²) in [7, 11) is 0. The van der Waals surface area contributed by atoms with Crippen molar-refractivity contribution < 1.29 is 14.3 Å². The molecule has 0 radical (unpaired) electrons. The van der Waals surface area contributed by atoms with Crippen molar-refractivity contribution in [3.8, 4) is 11.5 Å². The number of amides is 1. The van der Waals surface area contributed by atoms with Gasteiger partial charge >= 0.3 is 0 Å². The zero-order chi connectivity index (χ0) is 18.1. The van der Waals surface area contributed by atoms with Crippen LogP contribution in [0, 0.1) is 17.8 Å². The highest BCUT2D eigenvalue weighted by atomic mass is 16.5. The zero-order valence-corrected chi connectivity index (χ0v) is 15.6. The number of rotatable bonds is 4. The first-order chi connectivity index (χ1) is 12.6. The van der Waals surface area contributed by atoms with Crippen LogP contribution in [0.2, 0.25) is 0 Å². The highest BCUT2D eigenvalue weighted by Crippen LogP contribution is 2.40. The Morgan fingerprint density at radius 2 is 2.08 bits per heavy atom. The summed E-state index contributed by atoms with van der Waals surface area (Å²) in [5.74, 6) is 2.81. The molecule has 3 N–H and O–H groups in total. The fourth-order valence-corrected chi connectivity index (χ4v) is 5.10. The molecule has 142 valence electrons. The summed E-state index contributed by atoms with van der Waals surface area (Å²) in [6, 6.07) is 6.48. The number of fused-ring (bicyclic) bond motifs is 3. The SMILES string of the molecule is CCOc1ccc2c(c1)CC(C(=O)NC1C3CCCC1CC(N)C3)CO2. The molecule has 4 rings (SSSR count). The van der Waals surface area contributed by atoms with Crippen LogP contribution < -0.4 is 20.5 Å². The van der Waals surface area contributed by atoms with Crippen LogP contribution in [0.15, 0.2) is 18.2 Å². The standard InChI is InChI=1S/C21H30N2O3/c1-2-25-18-6-7-19-15(11-18)8-16(12-26-19)21(24)23-20-13-4-3-5-14(20)10-17(22)9-13/h6-7,11,13-14,16-17,20H,2-5,8-10,12,22H2,1H3,(H,23,24). The Kier molecular flexibility index (Phi) is 5.07. The number of carbonyl (C=O) groups is 1. The molecule has 1 aromatic carbocycles. The van der Waals surface area contributed by atoms with Crippen molar-refractivity contribution in [3.05, 3.63) is 23.8 Å². The maximum Gasteiger partial charge on any atom is 0.227 e. The van der Waals surface area contributed by atoms with Crippen LogP contribution in [0.3, 0.4) is 0 Å². The molecule has 2 fully saturated rings. The highest BCUT2D eigenvalue weighted by molar-refractivity contribution is 5.80. The summed E-state index contributed by atoms with van der Waals surface area (Å²) in [5, 5.41) is 3.38. The quantitative estimate of drug-likeness (QED) is 0.868. The normalized spacial score (nSPS) is 32.9. The smallest absolute Gasteiger partial charge is 0.227 e. The Balaban J connectivity index is 1.42. The molecule has 3 aliphatic rings. The molecular weight excluding hydrogens is 328 g/mol. The Morgan fingerprint density at radius 3 is 2.81 bits per heavy atom. The highest BCUT2D eigenvalue weighted by Gasteiger charge is 2.41. The second-order valence-corrected chi connectivity index (χ2v) is 8.13. The van der Waals surface area contributed by atoms with E-state index < -0.39 is 0 Å².